The molecule has 1 heterocycles. The standard InChI is InChI=1S/C27H33N3O3/c1-19(2)30(26(31)21-14-8-9-15-21)18-22-25(20-12-6-5-7-13-20)28-29(3)27(22)33-24-17-11-10-16-23(24)32-4/h5-7,10-13,16-17,19,21H,8-9,14-15,18H2,1-4H3. The molecule has 0 saturated heterocycles. The molecule has 6 heteroatoms. The van der Waals surface area contributed by atoms with E-state index < -0.39 is 0 Å². The topological polar surface area (TPSA) is 56.6 Å². The number of hydrogen-bond donors (Lipinski definition) is 0. The molecular weight excluding hydrogens is 414 g/mol. The number of carbonyl (C=O) groups is 1. The first kappa shape index (κ1) is 22.9. The number of nitrogens with zero attached hydrogens (tertiary/aromatic N) is 3. The van der Waals surface area contributed by atoms with Gasteiger partial charge in [0.1, 0.15) is 5.69 Å². The van der Waals surface area contributed by atoms with Crippen LogP contribution in [0.2, 0.25) is 0 Å². The summed E-state index contributed by atoms with van der Waals surface area (Å²) in [6.07, 6.45) is 4.22. The summed E-state index contributed by atoms with van der Waals surface area (Å²) in [5, 5.41) is 4.81. The first-order valence-corrected chi connectivity index (χ1v) is 11.7. The lowest BCUT2D eigenvalue weighted by Gasteiger charge is -2.29. The van der Waals surface area contributed by atoms with E-state index in [2.05, 4.69) is 13.8 Å². The molecular formula is C27H33N3O3. The number of hydrogen-bond acceptors (Lipinski definition) is 4. The summed E-state index contributed by atoms with van der Waals surface area (Å²) in [5.74, 6) is 2.22. The molecule has 2 aromatic carbocycles. The Morgan fingerprint density at radius 1 is 1.06 bits per heavy atom. The number of carbonyl (C=O) groups excluding carboxylic acids is 1. The third-order valence-corrected chi connectivity index (χ3v) is 6.35. The molecule has 0 radical (unpaired) electrons. The lowest BCUT2D eigenvalue weighted by Crippen LogP contribution is -2.39. The van der Waals surface area contributed by atoms with Crippen LogP contribution in [0.15, 0.2) is 54.6 Å². The van der Waals surface area contributed by atoms with E-state index in [1.165, 1.54) is 0 Å². The fourth-order valence-electron chi connectivity index (χ4n) is 4.55. The largest absolute Gasteiger partial charge is 0.493 e. The van der Waals surface area contributed by atoms with Crippen molar-refractivity contribution in [3.63, 3.8) is 0 Å². The van der Waals surface area contributed by atoms with Crippen LogP contribution in [0.3, 0.4) is 0 Å². The molecule has 1 saturated carbocycles. The van der Waals surface area contributed by atoms with Gasteiger partial charge in [-0.1, -0.05) is 55.3 Å². The average molecular weight is 448 g/mol. The Bertz CT molecular complexity index is 1090. The van der Waals surface area contributed by atoms with Crippen LogP contribution in [0.25, 0.3) is 11.3 Å². The third-order valence-electron chi connectivity index (χ3n) is 6.35. The molecule has 33 heavy (non-hydrogen) atoms. The van der Waals surface area contributed by atoms with Crippen molar-refractivity contribution >= 4 is 5.91 Å². The fourth-order valence-corrected chi connectivity index (χ4v) is 4.55. The first-order valence-electron chi connectivity index (χ1n) is 11.7. The average Bonchev–Trinajstić information content (AvgIpc) is 3.47. The molecule has 1 fully saturated rings. The normalized spacial score (nSPS) is 14.0. The highest BCUT2D eigenvalue weighted by molar-refractivity contribution is 5.80. The Kier molecular flexibility index (Phi) is 7.02. The van der Waals surface area contributed by atoms with Gasteiger partial charge in [-0.3, -0.25) is 4.79 Å². The van der Waals surface area contributed by atoms with Crippen LogP contribution >= 0.6 is 0 Å². The zero-order valence-electron chi connectivity index (χ0n) is 20.0. The van der Waals surface area contributed by atoms with Crippen LogP contribution in [0.4, 0.5) is 0 Å². The molecule has 6 nitrogen and oxygen atoms in total. The highest BCUT2D eigenvalue weighted by Gasteiger charge is 2.31. The van der Waals surface area contributed by atoms with E-state index in [9.17, 15) is 4.79 Å². The van der Waals surface area contributed by atoms with Gasteiger partial charge in [0.25, 0.3) is 0 Å². The van der Waals surface area contributed by atoms with Gasteiger partial charge in [-0.15, -0.1) is 0 Å². The van der Waals surface area contributed by atoms with E-state index in [1.54, 1.807) is 11.8 Å². The molecule has 0 unspecified atom stereocenters. The van der Waals surface area contributed by atoms with Crippen LogP contribution in [0.5, 0.6) is 17.4 Å². The second-order valence-corrected chi connectivity index (χ2v) is 8.92. The van der Waals surface area contributed by atoms with Gasteiger partial charge in [0, 0.05) is 24.6 Å². The molecule has 0 atom stereocenters. The molecule has 0 bridgehead atoms. The lowest BCUT2D eigenvalue weighted by atomic mass is 10.0. The predicted molar refractivity (Wildman–Crippen MR) is 129 cm³/mol. The van der Waals surface area contributed by atoms with Gasteiger partial charge in [-0.05, 0) is 38.8 Å². The van der Waals surface area contributed by atoms with Gasteiger partial charge in [-0.2, -0.15) is 5.10 Å². The third kappa shape index (κ3) is 4.90. The van der Waals surface area contributed by atoms with Crippen molar-refractivity contribution in [3.05, 3.63) is 60.2 Å². The van der Waals surface area contributed by atoms with Gasteiger partial charge in [0.05, 0.1) is 19.2 Å². The maximum atomic E-state index is 13.5. The number of benzene rings is 2. The molecule has 3 aromatic rings. The quantitative estimate of drug-likeness (QED) is 0.437. The maximum absolute atomic E-state index is 13.5. The van der Waals surface area contributed by atoms with Gasteiger partial charge < -0.3 is 14.4 Å². The number of amides is 1. The van der Waals surface area contributed by atoms with E-state index in [0.717, 1.165) is 42.5 Å². The van der Waals surface area contributed by atoms with Crippen molar-refractivity contribution in [3.8, 4) is 28.6 Å². The van der Waals surface area contributed by atoms with Crippen LogP contribution in [-0.2, 0) is 18.4 Å². The summed E-state index contributed by atoms with van der Waals surface area (Å²) in [4.78, 5) is 15.4. The zero-order chi connectivity index (χ0) is 23.4. The molecule has 174 valence electrons. The Morgan fingerprint density at radius 2 is 1.70 bits per heavy atom. The number of methoxy groups -OCH3 is 1. The number of para-hydroxylation sites is 2. The Morgan fingerprint density at radius 3 is 2.33 bits per heavy atom. The second kappa shape index (κ2) is 10.1. The zero-order valence-corrected chi connectivity index (χ0v) is 20.0. The number of ether oxygens (including phenoxy) is 2. The second-order valence-electron chi connectivity index (χ2n) is 8.92. The molecule has 0 N–H and O–H groups in total. The van der Waals surface area contributed by atoms with E-state index >= 15 is 0 Å². The maximum Gasteiger partial charge on any atom is 0.226 e. The Hall–Kier alpha value is -3.28. The van der Waals surface area contributed by atoms with Crippen LogP contribution in [-0.4, -0.2) is 33.7 Å². The van der Waals surface area contributed by atoms with Crippen molar-refractivity contribution in [2.45, 2.75) is 52.1 Å². The summed E-state index contributed by atoms with van der Waals surface area (Å²) in [6, 6.07) is 17.7. The van der Waals surface area contributed by atoms with E-state index in [-0.39, 0.29) is 17.9 Å². The van der Waals surface area contributed by atoms with Crippen molar-refractivity contribution < 1.29 is 14.3 Å². The van der Waals surface area contributed by atoms with E-state index in [1.807, 2.05) is 66.5 Å². The molecule has 1 aromatic heterocycles. The van der Waals surface area contributed by atoms with E-state index in [4.69, 9.17) is 14.6 Å². The molecule has 1 aliphatic rings. The minimum Gasteiger partial charge on any atom is -0.493 e. The Balaban J connectivity index is 1.77. The molecule has 4 rings (SSSR count). The first-order chi connectivity index (χ1) is 16.0. The van der Waals surface area contributed by atoms with Crippen LogP contribution in [0, 0.1) is 5.92 Å². The molecule has 0 spiro atoms. The predicted octanol–water partition coefficient (Wildman–Crippen LogP) is 5.82. The minimum atomic E-state index is 0.0704. The van der Waals surface area contributed by atoms with Gasteiger partial charge >= 0.3 is 0 Å². The number of rotatable bonds is 8. The van der Waals surface area contributed by atoms with Crippen molar-refractivity contribution in [1.29, 1.82) is 0 Å². The van der Waals surface area contributed by atoms with Gasteiger partial charge in [0.2, 0.25) is 11.8 Å². The van der Waals surface area contributed by atoms with Crippen LogP contribution < -0.4 is 9.47 Å². The van der Waals surface area contributed by atoms with Crippen molar-refractivity contribution in [2.24, 2.45) is 13.0 Å². The van der Waals surface area contributed by atoms with Crippen molar-refractivity contribution in [1.82, 2.24) is 14.7 Å². The van der Waals surface area contributed by atoms with Gasteiger partial charge in [0.15, 0.2) is 11.5 Å². The number of aryl methyl sites for hydroxylation is 1. The number of aromatic nitrogens is 2. The summed E-state index contributed by atoms with van der Waals surface area (Å²) in [7, 11) is 3.50. The molecule has 1 amide bonds. The monoisotopic (exact) mass is 447 g/mol. The highest BCUT2D eigenvalue weighted by Crippen LogP contribution is 2.38. The summed E-state index contributed by atoms with van der Waals surface area (Å²) in [5.41, 5.74) is 2.72. The van der Waals surface area contributed by atoms with Crippen LogP contribution in [0.1, 0.15) is 45.1 Å². The van der Waals surface area contributed by atoms with E-state index in [0.29, 0.717) is 23.9 Å². The highest BCUT2D eigenvalue weighted by atomic mass is 16.5. The Labute approximate surface area is 196 Å². The molecule has 1 aliphatic carbocycles. The minimum absolute atomic E-state index is 0.0704. The lowest BCUT2D eigenvalue weighted by molar-refractivity contribution is -0.137. The summed E-state index contributed by atoms with van der Waals surface area (Å²) >= 11 is 0. The fraction of sp³-hybridized carbons (Fsp3) is 0.407. The summed E-state index contributed by atoms with van der Waals surface area (Å²) < 4.78 is 13.6. The van der Waals surface area contributed by atoms with Crippen molar-refractivity contribution in [2.75, 3.05) is 7.11 Å². The molecule has 0 aliphatic heterocycles. The summed E-state index contributed by atoms with van der Waals surface area (Å²) in [6.45, 7) is 4.59. The van der Waals surface area contributed by atoms with Gasteiger partial charge in [-0.25, -0.2) is 4.68 Å². The SMILES string of the molecule is COc1ccccc1Oc1c(CN(C(=O)C2CCCC2)C(C)C)c(-c2ccccc2)nn1C. The smallest absolute Gasteiger partial charge is 0.226 e.